The molecule has 1 saturated heterocycles. The summed E-state index contributed by atoms with van der Waals surface area (Å²) < 4.78 is 12.8. The van der Waals surface area contributed by atoms with Crippen LogP contribution in [0.1, 0.15) is 23.5 Å². The summed E-state index contributed by atoms with van der Waals surface area (Å²) in [5.74, 6) is 1.34. The molecule has 6 rings (SSSR count). The molecule has 7 nitrogen and oxygen atoms in total. The van der Waals surface area contributed by atoms with E-state index in [2.05, 4.69) is 6.07 Å². The van der Waals surface area contributed by atoms with Gasteiger partial charge >= 0.3 is 0 Å². The molecule has 8 heteroatoms. The lowest BCUT2D eigenvalue weighted by atomic mass is 9.99. The summed E-state index contributed by atoms with van der Waals surface area (Å²) in [5.41, 5.74) is 3.88. The Morgan fingerprint density at radius 2 is 1.95 bits per heavy atom. The van der Waals surface area contributed by atoms with Crippen LogP contribution in [-0.2, 0) is 16.1 Å². The molecular formula is C29H27N3O4S. The molecular weight excluding hydrogens is 486 g/mol. The first kappa shape index (κ1) is 23.5. The summed E-state index contributed by atoms with van der Waals surface area (Å²) in [6.45, 7) is 1.82. The van der Waals surface area contributed by atoms with Crippen molar-refractivity contribution in [1.82, 2.24) is 14.8 Å². The van der Waals surface area contributed by atoms with Crippen LogP contribution in [0.25, 0.3) is 20.8 Å². The summed E-state index contributed by atoms with van der Waals surface area (Å²) >= 11 is 1.62. The van der Waals surface area contributed by atoms with Crippen LogP contribution in [0.5, 0.6) is 11.5 Å². The maximum atomic E-state index is 13.4. The molecule has 0 saturated carbocycles. The Bertz CT molecular complexity index is 1440. The topological polar surface area (TPSA) is 72.0 Å². The Morgan fingerprint density at radius 1 is 1.14 bits per heavy atom. The smallest absolute Gasteiger partial charge is 0.242 e. The lowest BCUT2D eigenvalue weighted by molar-refractivity contribution is -0.138. The van der Waals surface area contributed by atoms with Gasteiger partial charge in [-0.3, -0.25) is 9.59 Å². The predicted octanol–water partition coefficient (Wildman–Crippen LogP) is 4.71. The van der Waals surface area contributed by atoms with E-state index in [0.29, 0.717) is 44.2 Å². The first-order valence-corrected chi connectivity index (χ1v) is 13.2. The van der Waals surface area contributed by atoms with Gasteiger partial charge in [0.25, 0.3) is 0 Å². The zero-order valence-electron chi connectivity index (χ0n) is 20.6. The van der Waals surface area contributed by atoms with E-state index in [-0.39, 0.29) is 24.3 Å². The van der Waals surface area contributed by atoms with E-state index < -0.39 is 0 Å². The van der Waals surface area contributed by atoms with Gasteiger partial charge in [0.15, 0.2) is 11.5 Å². The van der Waals surface area contributed by atoms with Gasteiger partial charge in [0.1, 0.15) is 11.6 Å². The molecule has 1 aromatic heterocycles. The third-order valence-electron chi connectivity index (χ3n) is 7.03. The number of nitrogens with zero attached hydrogens (tertiary/aromatic N) is 3. The fourth-order valence-electron chi connectivity index (χ4n) is 5.10. The minimum atomic E-state index is -0.0807. The van der Waals surface area contributed by atoms with Crippen LogP contribution in [0.4, 0.5) is 0 Å². The van der Waals surface area contributed by atoms with Crippen molar-refractivity contribution in [2.45, 2.75) is 18.9 Å². The van der Waals surface area contributed by atoms with Crippen molar-refractivity contribution in [3.05, 3.63) is 77.9 Å². The fraction of sp³-hybridized carbons (Fsp3) is 0.276. The Balaban J connectivity index is 1.22. The molecule has 2 amide bonds. The summed E-state index contributed by atoms with van der Waals surface area (Å²) in [4.78, 5) is 34.3. The lowest BCUT2D eigenvalue weighted by Gasteiger charge is -2.24. The zero-order valence-corrected chi connectivity index (χ0v) is 21.4. The quantitative estimate of drug-likeness (QED) is 0.387. The van der Waals surface area contributed by atoms with E-state index in [9.17, 15) is 9.59 Å². The first-order valence-electron chi connectivity index (χ1n) is 12.4. The lowest BCUT2D eigenvalue weighted by Crippen LogP contribution is -2.41. The number of fused-ring (bicyclic) bond motifs is 2. The minimum absolute atomic E-state index is 0.0217. The number of carbonyl (C=O) groups is 2. The Labute approximate surface area is 219 Å². The number of likely N-dealkylation sites (tertiary alicyclic amines) is 1. The molecule has 1 atom stereocenters. The van der Waals surface area contributed by atoms with Crippen molar-refractivity contribution in [3.63, 3.8) is 0 Å². The molecule has 0 unspecified atom stereocenters. The van der Waals surface area contributed by atoms with Gasteiger partial charge < -0.3 is 19.3 Å². The number of hydrogen-bond donors (Lipinski definition) is 0. The molecule has 3 aromatic carbocycles. The van der Waals surface area contributed by atoms with Crippen LogP contribution in [-0.4, -0.2) is 59.9 Å². The van der Waals surface area contributed by atoms with Crippen LogP contribution >= 0.6 is 11.3 Å². The van der Waals surface area contributed by atoms with Gasteiger partial charge in [-0.25, -0.2) is 4.98 Å². The largest absolute Gasteiger partial charge is 0.493 e. The van der Waals surface area contributed by atoms with Crippen molar-refractivity contribution in [2.75, 3.05) is 33.4 Å². The summed E-state index contributed by atoms with van der Waals surface area (Å²) in [6.07, 6.45) is 0.436. The number of benzene rings is 3. The van der Waals surface area contributed by atoms with Gasteiger partial charge in [-0.05, 0) is 29.8 Å². The summed E-state index contributed by atoms with van der Waals surface area (Å²) in [6, 6.07) is 22.1. The Kier molecular flexibility index (Phi) is 6.26. The van der Waals surface area contributed by atoms with Crippen LogP contribution < -0.4 is 9.47 Å². The van der Waals surface area contributed by atoms with Gasteiger partial charge in [0, 0.05) is 36.6 Å². The maximum absolute atomic E-state index is 13.4. The monoisotopic (exact) mass is 513 g/mol. The highest BCUT2D eigenvalue weighted by Gasteiger charge is 2.33. The standard InChI is InChI=1S/C29H27N3O4S/c1-35-24-14-20(29-30-23-9-5-6-10-25(23)37-29)13-22-17-31(11-12-36-28(22)24)27(34)18-32-16-21(15-26(32)33)19-7-3-2-4-8-19/h2-10,13-14,21H,11-12,15-18H2,1H3/t21-/m1/s1. The van der Waals surface area contributed by atoms with Crippen LogP contribution in [0.15, 0.2) is 66.7 Å². The molecule has 0 bridgehead atoms. The first-order chi connectivity index (χ1) is 18.1. The van der Waals surface area contributed by atoms with Crippen molar-refractivity contribution in [1.29, 1.82) is 0 Å². The van der Waals surface area contributed by atoms with Gasteiger partial charge in [-0.1, -0.05) is 42.5 Å². The van der Waals surface area contributed by atoms with Gasteiger partial charge in [0.2, 0.25) is 11.8 Å². The number of amides is 2. The third kappa shape index (κ3) is 4.64. The molecule has 0 radical (unpaired) electrons. The van der Waals surface area contributed by atoms with Gasteiger partial charge in [-0.2, -0.15) is 0 Å². The predicted molar refractivity (Wildman–Crippen MR) is 143 cm³/mol. The molecule has 2 aliphatic heterocycles. The molecule has 188 valence electrons. The van der Waals surface area contributed by atoms with Crippen LogP contribution in [0, 0.1) is 0 Å². The number of para-hydroxylation sites is 1. The average molecular weight is 514 g/mol. The van der Waals surface area contributed by atoms with Crippen molar-refractivity contribution >= 4 is 33.4 Å². The second kappa shape index (κ2) is 9.86. The van der Waals surface area contributed by atoms with E-state index in [1.54, 1.807) is 28.2 Å². The van der Waals surface area contributed by atoms with Crippen molar-refractivity contribution in [3.8, 4) is 22.1 Å². The SMILES string of the molecule is COc1cc(-c2nc3ccccc3s2)cc2c1OCCN(C(=O)CN1C[C@H](c3ccccc3)CC1=O)C2. The van der Waals surface area contributed by atoms with Crippen molar-refractivity contribution in [2.24, 2.45) is 0 Å². The maximum Gasteiger partial charge on any atom is 0.242 e. The molecule has 0 spiro atoms. The van der Waals surface area contributed by atoms with Gasteiger partial charge in [-0.15, -0.1) is 11.3 Å². The molecule has 2 aliphatic rings. The number of thiazole rings is 1. The molecule has 37 heavy (non-hydrogen) atoms. The molecule has 4 aromatic rings. The highest BCUT2D eigenvalue weighted by Crippen LogP contribution is 2.40. The van der Waals surface area contributed by atoms with E-state index in [0.717, 1.165) is 31.9 Å². The number of ether oxygens (including phenoxy) is 2. The zero-order chi connectivity index (χ0) is 25.4. The Hall–Kier alpha value is -3.91. The fourth-order valence-corrected chi connectivity index (χ4v) is 6.06. The molecule has 0 N–H and O–H groups in total. The Morgan fingerprint density at radius 3 is 2.76 bits per heavy atom. The highest BCUT2D eigenvalue weighted by molar-refractivity contribution is 7.21. The van der Waals surface area contributed by atoms with E-state index >= 15 is 0 Å². The summed E-state index contributed by atoms with van der Waals surface area (Å²) in [7, 11) is 1.62. The van der Waals surface area contributed by atoms with Crippen LogP contribution in [0.3, 0.4) is 0 Å². The third-order valence-corrected chi connectivity index (χ3v) is 8.11. The highest BCUT2D eigenvalue weighted by atomic mass is 32.1. The number of hydrogen-bond acceptors (Lipinski definition) is 6. The number of carbonyl (C=O) groups excluding carboxylic acids is 2. The minimum Gasteiger partial charge on any atom is -0.493 e. The molecule has 0 aliphatic carbocycles. The van der Waals surface area contributed by atoms with E-state index in [4.69, 9.17) is 14.5 Å². The number of methoxy groups -OCH3 is 1. The van der Waals surface area contributed by atoms with E-state index in [1.165, 1.54) is 0 Å². The average Bonchev–Trinajstić information content (AvgIpc) is 3.45. The summed E-state index contributed by atoms with van der Waals surface area (Å²) in [5, 5.41) is 0.888. The van der Waals surface area contributed by atoms with Crippen molar-refractivity contribution < 1.29 is 19.1 Å². The molecule has 3 heterocycles. The second-order valence-corrected chi connectivity index (χ2v) is 10.4. The normalized spacial score (nSPS) is 17.4. The molecule has 1 fully saturated rings. The van der Waals surface area contributed by atoms with Crippen LogP contribution in [0.2, 0.25) is 0 Å². The van der Waals surface area contributed by atoms with E-state index in [1.807, 2.05) is 60.7 Å². The van der Waals surface area contributed by atoms with Gasteiger partial charge in [0.05, 0.1) is 30.4 Å². The number of rotatable bonds is 5. The second-order valence-electron chi connectivity index (χ2n) is 9.40. The number of aromatic nitrogens is 1.